The average Bonchev–Trinajstić information content (AvgIpc) is 2.12. The van der Waals surface area contributed by atoms with Gasteiger partial charge in [0.1, 0.15) is 0 Å². The lowest BCUT2D eigenvalue weighted by Crippen LogP contribution is -2.39. The van der Waals surface area contributed by atoms with E-state index in [1.807, 2.05) is 13.1 Å². The Kier molecular flexibility index (Phi) is 2.20. The van der Waals surface area contributed by atoms with Crippen LogP contribution in [0.3, 0.4) is 0 Å². The molecule has 0 saturated carbocycles. The van der Waals surface area contributed by atoms with Gasteiger partial charge >= 0.3 is 0 Å². The van der Waals surface area contributed by atoms with Crippen LogP contribution in [0.1, 0.15) is 29.0 Å². The van der Waals surface area contributed by atoms with Crippen LogP contribution in [0.15, 0.2) is 12.1 Å². The second-order valence-corrected chi connectivity index (χ2v) is 5.38. The molecule has 2 N–H and O–H groups in total. The number of halogens is 2. The van der Waals surface area contributed by atoms with Crippen molar-refractivity contribution < 1.29 is 8.78 Å². The highest BCUT2D eigenvalue weighted by Gasteiger charge is 2.42. The summed E-state index contributed by atoms with van der Waals surface area (Å²) in [6.45, 7) is 1.54. The second-order valence-electron chi connectivity index (χ2n) is 5.38. The van der Waals surface area contributed by atoms with Gasteiger partial charge in [0.15, 0.2) is 0 Å². The molecule has 0 amide bonds. The molecule has 0 radical (unpaired) electrons. The maximum absolute atomic E-state index is 13.7. The van der Waals surface area contributed by atoms with Crippen LogP contribution in [0.4, 0.5) is 14.5 Å². The monoisotopic (exact) mass is 238 g/mol. The number of alkyl halides is 2. The fraction of sp³-hybridized carbons (Fsp3) is 0.538. The summed E-state index contributed by atoms with van der Waals surface area (Å²) in [5, 5.41) is 0. The quantitative estimate of drug-likeness (QED) is 0.703. The predicted octanol–water partition coefficient (Wildman–Crippen LogP) is 2.38. The van der Waals surface area contributed by atoms with Crippen LogP contribution in [-0.2, 0) is 13.0 Å². The normalized spacial score (nSPS) is 26.6. The van der Waals surface area contributed by atoms with Crippen LogP contribution < -0.4 is 5.73 Å². The molecule has 1 atom stereocenters. The van der Waals surface area contributed by atoms with Crippen molar-refractivity contribution in [2.24, 2.45) is 0 Å². The van der Waals surface area contributed by atoms with Gasteiger partial charge in [-0.3, -0.25) is 0 Å². The van der Waals surface area contributed by atoms with E-state index >= 15 is 0 Å². The number of benzene rings is 1. The van der Waals surface area contributed by atoms with Crippen LogP contribution in [0.2, 0.25) is 0 Å². The molecule has 17 heavy (non-hydrogen) atoms. The number of hydrogen-bond acceptors (Lipinski definition) is 2. The lowest BCUT2D eigenvalue weighted by atomic mass is 9.76. The molecule has 1 aliphatic heterocycles. The third-order valence-electron chi connectivity index (χ3n) is 3.75. The zero-order valence-electron chi connectivity index (χ0n) is 9.84. The maximum atomic E-state index is 13.7. The Morgan fingerprint density at radius 1 is 1.35 bits per heavy atom. The Balaban J connectivity index is 2.16. The first kappa shape index (κ1) is 11.0. The first-order valence-electron chi connectivity index (χ1n) is 5.92. The molecule has 0 fully saturated rings. The zero-order chi connectivity index (χ0) is 12.2. The minimum Gasteiger partial charge on any atom is -0.399 e. The maximum Gasteiger partial charge on any atom is 0.252 e. The van der Waals surface area contributed by atoms with Crippen molar-refractivity contribution >= 4 is 5.69 Å². The Labute approximate surface area is 99.4 Å². The third kappa shape index (κ3) is 1.80. The zero-order valence-corrected chi connectivity index (χ0v) is 9.84. The topological polar surface area (TPSA) is 29.3 Å². The van der Waals surface area contributed by atoms with Crippen LogP contribution in [0.25, 0.3) is 0 Å². The highest BCUT2D eigenvalue weighted by Crippen LogP contribution is 2.45. The van der Waals surface area contributed by atoms with Crippen molar-refractivity contribution in [2.75, 3.05) is 19.3 Å². The lowest BCUT2D eigenvalue weighted by Gasteiger charge is -2.39. The minimum atomic E-state index is -2.58. The molecular formula is C13H16F2N2. The smallest absolute Gasteiger partial charge is 0.252 e. The summed E-state index contributed by atoms with van der Waals surface area (Å²) >= 11 is 0. The number of hydrogen-bond donors (Lipinski definition) is 1. The van der Waals surface area contributed by atoms with Crippen molar-refractivity contribution in [3.05, 3.63) is 28.8 Å². The Hall–Kier alpha value is -1.16. The third-order valence-corrected chi connectivity index (χ3v) is 3.75. The van der Waals surface area contributed by atoms with Crippen molar-refractivity contribution in [3.63, 3.8) is 0 Å². The van der Waals surface area contributed by atoms with Crippen LogP contribution in [0.5, 0.6) is 0 Å². The highest BCUT2D eigenvalue weighted by molar-refractivity contribution is 5.53. The summed E-state index contributed by atoms with van der Waals surface area (Å²) in [5.41, 5.74) is 9.43. The predicted molar refractivity (Wildman–Crippen MR) is 63.2 cm³/mol. The van der Waals surface area contributed by atoms with Gasteiger partial charge in [-0.25, -0.2) is 8.78 Å². The van der Waals surface area contributed by atoms with E-state index in [4.69, 9.17) is 5.73 Å². The van der Waals surface area contributed by atoms with Gasteiger partial charge < -0.3 is 10.6 Å². The summed E-state index contributed by atoms with van der Waals surface area (Å²) in [5.74, 6) is -2.62. The second kappa shape index (κ2) is 3.42. The number of nitrogens with zero attached hydrogens (tertiary/aromatic N) is 1. The van der Waals surface area contributed by atoms with Gasteiger partial charge in [-0.1, -0.05) is 0 Å². The first-order chi connectivity index (χ1) is 7.94. The number of nitrogen functional groups attached to an aromatic ring is 1. The van der Waals surface area contributed by atoms with E-state index < -0.39 is 5.92 Å². The summed E-state index contributed by atoms with van der Waals surface area (Å²) < 4.78 is 27.4. The minimum absolute atomic E-state index is 0.0265. The average molecular weight is 238 g/mol. The van der Waals surface area contributed by atoms with Gasteiger partial charge in [-0.15, -0.1) is 0 Å². The largest absolute Gasteiger partial charge is 0.399 e. The van der Waals surface area contributed by atoms with Crippen molar-refractivity contribution in [2.45, 2.75) is 31.2 Å². The van der Waals surface area contributed by atoms with E-state index in [9.17, 15) is 8.78 Å². The summed E-state index contributed by atoms with van der Waals surface area (Å²) in [7, 11) is 1.97. The fourth-order valence-electron chi connectivity index (χ4n) is 3.31. The van der Waals surface area contributed by atoms with Gasteiger partial charge in [0.25, 0.3) is 5.92 Å². The molecule has 92 valence electrons. The van der Waals surface area contributed by atoms with E-state index in [-0.39, 0.29) is 18.8 Å². The molecule has 3 rings (SSSR count). The molecule has 1 aromatic rings. The number of likely N-dealkylation sites (N-methyl/N-ethyl adjacent to an activating group) is 1. The summed E-state index contributed by atoms with van der Waals surface area (Å²) in [6, 6.07) is 3.66. The van der Waals surface area contributed by atoms with Gasteiger partial charge in [0, 0.05) is 37.5 Å². The SMILES string of the molecule is CN1Cc2cc(N)cc3c2[C@@H](C1)CC(F)(F)C3. The molecule has 1 heterocycles. The van der Waals surface area contributed by atoms with E-state index in [0.29, 0.717) is 5.69 Å². The first-order valence-corrected chi connectivity index (χ1v) is 5.92. The molecule has 2 aliphatic rings. The van der Waals surface area contributed by atoms with E-state index in [2.05, 4.69) is 4.90 Å². The molecule has 1 aromatic carbocycles. The molecular weight excluding hydrogens is 222 g/mol. The van der Waals surface area contributed by atoms with Gasteiger partial charge in [0.2, 0.25) is 0 Å². The molecule has 0 spiro atoms. The van der Waals surface area contributed by atoms with E-state index in [1.54, 1.807) is 6.07 Å². The number of anilines is 1. The van der Waals surface area contributed by atoms with Crippen molar-refractivity contribution in [3.8, 4) is 0 Å². The molecule has 0 bridgehead atoms. The molecule has 0 unspecified atom stereocenters. The van der Waals surface area contributed by atoms with Crippen molar-refractivity contribution in [1.29, 1.82) is 0 Å². The fourth-order valence-corrected chi connectivity index (χ4v) is 3.31. The van der Waals surface area contributed by atoms with Crippen LogP contribution >= 0.6 is 0 Å². The number of rotatable bonds is 0. The molecule has 0 saturated heterocycles. The lowest BCUT2D eigenvalue weighted by molar-refractivity contribution is -0.0252. The Bertz CT molecular complexity index is 471. The molecule has 1 aliphatic carbocycles. The van der Waals surface area contributed by atoms with Gasteiger partial charge in [-0.05, 0) is 35.9 Å². The van der Waals surface area contributed by atoms with Crippen LogP contribution in [-0.4, -0.2) is 24.4 Å². The molecule has 2 nitrogen and oxygen atoms in total. The van der Waals surface area contributed by atoms with Gasteiger partial charge in [-0.2, -0.15) is 0 Å². The highest BCUT2D eigenvalue weighted by atomic mass is 19.3. The van der Waals surface area contributed by atoms with Crippen LogP contribution in [0, 0.1) is 0 Å². The Morgan fingerprint density at radius 3 is 2.82 bits per heavy atom. The summed E-state index contributed by atoms with van der Waals surface area (Å²) in [4.78, 5) is 2.09. The standard InChI is InChI=1S/C13H16F2N2/c1-17-6-9-3-11(16)2-8-4-13(14,15)5-10(7-17)12(8)9/h2-3,10H,4-7,16H2,1H3/t10-/m1/s1. The van der Waals surface area contributed by atoms with Gasteiger partial charge in [0.05, 0.1) is 0 Å². The van der Waals surface area contributed by atoms with Crippen molar-refractivity contribution in [1.82, 2.24) is 4.90 Å². The summed E-state index contributed by atoms with van der Waals surface area (Å²) in [6.07, 6.45) is -0.179. The van der Waals surface area contributed by atoms with E-state index in [0.717, 1.165) is 29.8 Å². The molecule has 0 aromatic heterocycles. The Morgan fingerprint density at radius 2 is 2.06 bits per heavy atom. The number of nitrogens with two attached hydrogens (primary N) is 1. The van der Waals surface area contributed by atoms with E-state index in [1.165, 1.54) is 0 Å². The molecule has 4 heteroatoms.